The minimum Gasteiger partial charge on any atom is -0.375 e. The van der Waals surface area contributed by atoms with Gasteiger partial charge in [0.15, 0.2) is 0 Å². The summed E-state index contributed by atoms with van der Waals surface area (Å²) >= 11 is 0. The summed E-state index contributed by atoms with van der Waals surface area (Å²) in [5, 5.41) is 0. The molecular weight excluding hydrogens is 158 g/mol. The van der Waals surface area contributed by atoms with Crippen LogP contribution in [0.2, 0.25) is 0 Å². The van der Waals surface area contributed by atoms with Gasteiger partial charge in [-0.15, -0.1) is 0 Å². The first kappa shape index (κ1) is 9.22. The molecular formula is C8H13NO3. The maximum Gasteiger partial charge on any atom is 0.244 e. The van der Waals surface area contributed by atoms with Crippen LogP contribution in [0.4, 0.5) is 0 Å². The lowest BCUT2D eigenvalue weighted by Gasteiger charge is -1.97. The zero-order valence-corrected chi connectivity index (χ0v) is 7.08. The topological polar surface area (TPSA) is 64.8 Å². The van der Waals surface area contributed by atoms with Crippen molar-refractivity contribution in [1.29, 1.82) is 0 Å². The van der Waals surface area contributed by atoms with E-state index in [1.807, 2.05) is 0 Å². The third-order valence-electron chi connectivity index (χ3n) is 1.60. The van der Waals surface area contributed by atoms with Crippen LogP contribution < -0.4 is 5.73 Å². The molecule has 0 aliphatic carbocycles. The molecule has 0 saturated carbocycles. The first-order chi connectivity index (χ1) is 5.70. The molecule has 1 saturated heterocycles. The smallest absolute Gasteiger partial charge is 0.244 e. The lowest BCUT2D eigenvalue weighted by atomic mass is 10.3. The Balaban J connectivity index is 2.05. The fraction of sp³-hybridized carbons (Fsp3) is 0.625. The number of carbonyl (C=O) groups is 1. The van der Waals surface area contributed by atoms with E-state index in [2.05, 4.69) is 0 Å². The molecule has 1 fully saturated rings. The van der Waals surface area contributed by atoms with Crippen molar-refractivity contribution in [3.05, 3.63) is 11.6 Å². The van der Waals surface area contributed by atoms with Crippen LogP contribution in [0.3, 0.4) is 0 Å². The number of hydrogen-bond acceptors (Lipinski definition) is 3. The van der Waals surface area contributed by atoms with Crippen molar-refractivity contribution in [2.45, 2.75) is 13.0 Å². The second-order valence-corrected chi connectivity index (χ2v) is 2.74. The molecule has 68 valence electrons. The van der Waals surface area contributed by atoms with Crippen molar-refractivity contribution >= 4 is 5.91 Å². The number of nitrogens with two attached hydrogens (primary N) is 1. The predicted molar refractivity (Wildman–Crippen MR) is 43.5 cm³/mol. The second-order valence-electron chi connectivity index (χ2n) is 2.74. The van der Waals surface area contributed by atoms with Gasteiger partial charge < -0.3 is 15.2 Å². The highest BCUT2D eigenvalue weighted by Gasteiger charge is 2.21. The Bertz CT molecular complexity index is 196. The van der Waals surface area contributed by atoms with Gasteiger partial charge in [0.05, 0.1) is 19.8 Å². The van der Waals surface area contributed by atoms with E-state index < -0.39 is 5.91 Å². The van der Waals surface area contributed by atoms with Crippen molar-refractivity contribution in [2.24, 2.45) is 5.73 Å². The monoisotopic (exact) mass is 171 g/mol. The number of primary amides is 1. The molecule has 0 radical (unpaired) electrons. The molecule has 1 aliphatic rings. The summed E-state index contributed by atoms with van der Waals surface area (Å²) in [6, 6.07) is 0. The highest BCUT2D eigenvalue weighted by Crippen LogP contribution is 2.08. The summed E-state index contributed by atoms with van der Waals surface area (Å²) in [4.78, 5) is 10.5. The lowest BCUT2D eigenvalue weighted by Crippen LogP contribution is -2.12. The van der Waals surface area contributed by atoms with E-state index in [-0.39, 0.29) is 6.10 Å². The highest BCUT2D eigenvalue weighted by molar-refractivity contribution is 5.91. The Morgan fingerprint density at radius 3 is 3.00 bits per heavy atom. The number of ether oxygens (including phenoxy) is 2. The highest BCUT2D eigenvalue weighted by atomic mass is 16.6. The van der Waals surface area contributed by atoms with E-state index in [0.29, 0.717) is 18.8 Å². The molecule has 1 aliphatic heterocycles. The van der Waals surface area contributed by atoms with E-state index in [0.717, 1.165) is 6.61 Å². The molecule has 0 bridgehead atoms. The molecule has 1 amide bonds. The van der Waals surface area contributed by atoms with Crippen LogP contribution in [0, 0.1) is 0 Å². The van der Waals surface area contributed by atoms with Crippen LogP contribution in [0.25, 0.3) is 0 Å². The quantitative estimate of drug-likeness (QED) is 0.355. The van der Waals surface area contributed by atoms with Gasteiger partial charge >= 0.3 is 0 Å². The molecule has 2 N–H and O–H groups in total. The van der Waals surface area contributed by atoms with Crippen LogP contribution >= 0.6 is 0 Å². The first-order valence-corrected chi connectivity index (χ1v) is 3.86. The van der Waals surface area contributed by atoms with E-state index >= 15 is 0 Å². The Morgan fingerprint density at radius 1 is 1.83 bits per heavy atom. The van der Waals surface area contributed by atoms with Gasteiger partial charge in [-0.1, -0.05) is 6.08 Å². The lowest BCUT2D eigenvalue weighted by molar-refractivity contribution is -0.114. The minimum atomic E-state index is -0.402. The third-order valence-corrected chi connectivity index (χ3v) is 1.60. The SMILES string of the molecule is CC(=CCOCC1CO1)C(N)=O. The Morgan fingerprint density at radius 2 is 2.50 bits per heavy atom. The summed E-state index contributed by atoms with van der Waals surface area (Å²) < 4.78 is 10.1. The number of epoxide rings is 1. The fourth-order valence-electron chi connectivity index (χ4n) is 0.648. The fourth-order valence-corrected chi connectivity index (χ4v) is 0.648. The minimum absolute atomic E-state index is 0.271. The molecule has 0 spiro atoms. The van der Waals surface area contributed by atoms with Gasteiger partial charge in [-0.3, -0.25) is 4.79 Å². The van der Waals surface area contributed by atoms with Crippen molar-refractivity contribution in [1.82, 2.24) is 0 Å². The molecule has 1 rings (SSSR count). The number of rotatable bonds is 5. The molecule has 1 unspecified atom stereocenters. The normalized spacial score (nSPS) is 22.4. The van der Waals surface area contributed by atoms with Gasteiger partial charge in [0.1, 0.15) is 6.10 Å². The Hall–Kier alpha value is -0.870. The molecule has 1 atom stereocenters. The number of carbonyl (C=O) groups excluding carboxylic acids is 1. The van der Waals surface area contributed by atoms with Crippen LogP contribution in [0.5, 0.6) is 0 Å². The maximum absolute atomic E-state index is 10.5. The van der Waals surface area contributed by atoms with E-state index in [4.69, 9.17) is 15.2 Å². The van der Waals surface area contributed by atoms with Crippen LogP contribution in [0.1, 0.15) is 6.92 Å². The van der Waals surface area contributed by atoms with E-state index in [9.17, 15) is 4.79 Å². The molecule has 0 aromatic carbocycles. The summed E-state index contributed by atoms with van der Waals surface area (Å²) in [6.07, 6.45) is 1.94. The van der Waals surface area contributed by atoms with Gasteiger partial charge in [-0.05, 0) is 6.92 Å². The van der Waals surface area contributed by atoms with Crippen molar-refractivity contribution in [3.63, 3.8) is 0 Å². The summed E-state index contributed by atoms with van der Waals surface area (Å²) in [7, 11) is 0. The summed E-state index contributed by atoms with van der Waals surface area (Å²) in [5.41, 5.74) is 5.54. The van der Waals surface area contributed by atoms with Gasteiger partial charge in [0.25, 0.3) is 0 Å². The number of amides is 1. The van der Waals surface area contributed by atoms with E-state index in [1.54, 1.807) is 13.0 Å². The van der Waals surface area contributed by atoms with Gasteiger partial charge in [-0.2, -0.15) is 0 Å². The van der Waals surface area contributed by atoms with Crippen LogP contribution in [-0.2, 0) is 14.3 Å². The molecule has 4 heteroatoms. The molecule has 4 nitrogen and oxygen atoms in total. The van der Waals surface area contributed by atoms with Gasteiger partial charge in [0, 0.05) is 5.57 Å². The Labute approximate surface area is 71.3 Å². The summed E-state index contributed by atoms with van der Waals surface area (Å²) in [6.45, 7) is 3.48. The average Bonchev–Trinajstić information content (AvgIpc) is 2.80. The van der Waals surface area contributed by atoms with Gasteiger partial charge in [0.2, 0.25) is 5.91 Å². The summed E-state index contributed by atoms with van der Waals surface area (Å²) in [5.74, 6) is -0.402. The predicted octanol–water partition coefficient (Wildman–Crippen LogP) is -0.167. The van der Waals surface area contributed by atoms with Crippen molar-refractivity contribution < 1.29 is 14.3 Å². The molecule has 12 heavy (non-hydrogen) atoms. The Kier molecular flexibility index (Phi) is 3.25. The van der Waals surface area contributed by atoms with Crippen LogP contribution in [-0.4, -0.2) is 31.8 Å². The second kappa shape index (κ2) is 4.23. The number of hydrogen-bond donors (Lipinski definition) is 1. The maximum atomic E-state index is 10.5. The molecule has 0 aromatic rings. The van der Waals surface area contributed by atoms with Crippen molar-refractivity contribution in [3.8, 4) is 0 Å². The van der Waals surface area contributed by atoms with Crippen molar-refractivity contribution in [2.75, 3.05) is 19.8 Å². The average molecular weight is 171 g/mol. The molecule has 0 aromatic heterocycles. The standard InChI is InChI=1S/C8H13NO3/c1-6(8(9)10)2-3-11-4-7-5-12-7/h2,7H,3-5H2,1H3,(H2,9,10). The molecule has 1 heterocycles. The first-order valence-electron chi connectivity index (χ1n) is 3.86. The van der Waals surface area contributed by atoms with Gasteiger partial charge in [-0.25, -0.2) is 0 Å². The van der Waals surface area contributed by atoms with Crippen LogP contribution in [0.15, 0.2) is 11.6 Å². The zero-order chi connectivity index (χ0) is 8.97. The van der Waals surface area contributed by atoms with E-state index in [1.165, 1.54) is 0 Å². The largest absolute Gasteiger partial charge is 0.375 e. The zero-order valence-electron chi connectivity index (χ0n) is 7.08. The third kappa shape index (κ3) is 3.50.